The Kier molecular flexibility index (Phi) is 7.62. The normalized spacial score (nSPS) is 13.7. The monoisotopic (exact) mass is 493 g/mol. The maximum absolute atomic E-state index is 14.9. The zero-order chi connectivity index (χ0) is 24.8. The largest absolute Gasteiger partial charge is 0.357 e. The minimum Gasteiger partial charge on any atom is -0.357 e. The number of benzene rings is 3. The fourth-order valence-corrected chi connectivity index (χ4v) is 4.00. The van der Waals surface area contributed by atoms with E-state index >= 15 is 0 Å². The van der Waals surface area contributed by atoms with Gasteiger partial charge in [-0.1, -0.05) is 41.9 Å². The second-order valence-electron chi connectivity index (χ2n) is 8.18. The van der Waals surface area contributed by atoms with E-state index < -0.39 is 23.8 Å². The quantitative estimate of drug-likeness (QED) is 0.273. The first kappa shape index (κ1) is 24.2. The first-order valence-electron chi connectivity index (χ1n) is 11.2. The maximum atomic E-state index is 14.9. The average Bonchev–Trinajstić information content (AvgIpc) is 3.40. The molecule has 1 fully saturated rings. The molecular weight excluding hydrogens is 469 g/mol. The summed E-state index contributed by atoms with van der Waals surface area (Å²) in [5.41, 5.74) is 1.45. The van der Waals surface area contributed by atoms with Gasteiger partial charge in [0.05, 0.1) is 5.69 Å². The van der Waals surface area contributed by atoms with E-state index in [-0.39, 0.29) is 11.5 Å². The van der Waals surface area contributed by atoms with Gasteiger partial charge in [-0.2, -0.15) is 0 Å². The van der Waals surface area contributed by atoms with E-state index in [2.05, 4.69) is 16.0 Å². The predicted octanol–water partition coefficient (Wildman–Crippen LogP) is 5.40. The summed E-state index contributed by atoms with van der Waals surface area (Å²) >= 11 is 5.88. The van der Waals surface area contributed by atoms with Crippen LogP contribution in [0.1, 0.15) is 30.0 Å². The predicted molar refractivity (Wildman–Crippen MR) is 135 cm³/mol. The first-order chi connectivity index (χ1) is 16.9. The number of likely N-dealkylation sites (tertiary alicyclic amines) is 1. The van der Waals surface area contributed by atoms with Gasteiger partial charge in [-0.3, -0.25) is 10.2 Å². The molecule has 0 aliphatic carbocycles. The van der Waals surface area contributed by atoms with E-state index in [9.17, 15) is 14.0 Å². The fourth-order valence-electron chi connectivity index (χ4n) is 3.87. The van der Waals surface area contributed by atoms with Crippen LogP contribution in [0.25, 0.3) is 0 Å². The summed E-state index contributed by atoms with van der Waals surface area (Å²) < 4.78 is 14.9. The minimum absolute atomic E-state index is 0.0335. The molecule has 1 unspecified atom stereocenters. The van der Waals surface area contributed by atoms with Gasteiger partial charge in [0, 0.05) is 29.4 Å². The number of hydrogen-bond donors (Lipinski definition) is 4. The summed E-state index contributed by atoms with van der Waals surface area (Å²) in [5.74, 6) is -0.997. The van der Waals surface area contributed by atoms with Gasteiger partial charge in [0.1, 0.15) is 17.7 Å². The van der Waals surface area contributed by atoms with Crippen molar-refractivity contribution in [2.75, 3.05) is 23.7 Å². The van der Waals surface area contributed by atoms with Gasteiger partial charge in [-0.05, 0) is 60.9 Å². The Morgan fingerprint density at radius 1 is 0.943 bits per heavy atom. The number of carbonyl (C=O) groups is 2. The van der Waals surface area contributed by atoms with Crippen molar-refractivity contribution in [2.45, 2.75) is 18.9 Å². The first-order valence-corrected chi connectivity index (χ1v) is 11.6. The van der Waals surface area contributed by atoms with Crippen LogP contribution in [0.2, 0.25) is 5.02 Å². The molecule has 1 heterocycles. The number of rotatable bonds is 6. The highest BCUT2D eigenvalue weighted by Crippen LogP contribution is 2.22. The molecule has 3 aromatic carbocycles. The molecule has 0 radical (unpaired) electrons. The van der Waals surface area contributed by atoms with Gasteiger partial charge >= 0.3 is 6.03 Å². The highest BCUT2D eigenvalue weighted by molar-refractivity contribution is 6.30. The molecule has 180 valence electrons. The van der Waals surface area contributed by atoms with Gasteiger partial charge in [-0.15, -0.1) is 0 Å². The Bertz CT molecular complexity index is 1210. The van der Waals surface area contributed by atoms with Gasteiger partial charge < -0.3 is 20.9 Å². The smallest absolute Gasteiger partial charge is 0.320 e. The van der Waals surface area contributed by atoms with Crippen molar-refractivity contribution in [3.63, 3.8) is 0 Å². The number of hydrogen-bond acceptors (Lipinski definition) is 3. The molecule has 1 aliphatic rings. The highest BCUT2D eigenvalue weighted by atomic mass is 35.5. The zero-order valence-corrected chi connectivity index (χ0v) is 19.6. The topological polar surface area (TPSA) is 97.3 Å². The standard InChI is InChI=1S/C26H25ClFN5O2/c27-19-9-11-20(12-10-19)30-26(35)32-23(17-6-2-1-3-7-17)25(34)31-22-13-8-18(16-21(22)28)24(29)33-14-4-5-15-33/h1-3,6-13,16,23,29H,4-5,14-15H2,(H,31,34)(H2,30,32,35). The molecule has 1 saturated heterocycles. The number of nitrogens with one attached hydrogen (secondary N) is 4. The van der Waals surface area contributed by atoms with Crippen LogP contribution in [-0.2, 0) is 4.79 Å². The lowest BCUT2D eigenvalue weighted by Gasteiger charge is -2.21. The van der Waals surface area contributed by atoms with Crippen molar-refractivity contribution in [3.05, 3.63) is 94.8 Å². The van der Waals surface area contributed by atoms with Crippen LogP contribution in [0, 0.1) is 11.2 Å². The van der Waals surface area contributed by atoms with E-state index in [4.69, 9.17) is 17.0 Å². The Hall–Kier alpha value is -3.91. The van der Waals surface area contributed by atoms with Gasteiger partial charge in [0.25, 0.3) is 5.91 Å². The third-order valence-electron chi connectivity index (χ3n) is 5.70. The van der Waals surface area contributed by atoms with E-state index in [0.717, 1.165) is 25.9 Å². The van der Waals surface area contributed by atoms with Crippen molar-refractivity contribution < 1.29 is 14.0 Å². The van der Waals surface area contributed by atoms with Crippen molar-refractivity contribution in [1.29, 1.82) is 5.41 Å². The number of nitrogens with zero attached hydrogens (tertiary/aromatic N) is 1. The van der Waals surface area contributed by atoms with Crippen molar-refractivity contribution in [2.24, 2.45) is 0 Å². The molecule has 4 N–H and O–H groups in total. The summed E-state index contributed by atoms with van der Waals surface area (Å²) in [5, 5.41) is 16.7. The molecule has 3 aromatic rings. The van der Waals surface area contributed by atoms with Crippen LogP contribution in [0.3, 0.4) is 0 Å². The highest BCUT2D eigenvalue weighted by Gasteiger charge is 2.24. The number of amides is 3. The SMILES string of the molecule is N=C(c1ccc(NC(=O)C(NC(=O)Nc2ccc(Cl)cc2)c2ccccc2)c(F)c1)N1CCCC1. The Morgan fingerprint density at radius 2 is 1.63 bits per heavy atom. The van der Waals surface area contributed by atoms with Crippen molar-refractivity contribution in [3.8, 4) is 0 Å². The van der Waals surface area contributed by atoms with Crippen LogP contribution in [0.5, 0.6) is 0 Å². The van der Waals surface area contributed by atoms with Crippen LogP contribution < -0.4 is 16.0 Å². The summed E-state index contributed by atoms with van der Waals surface area (Å²) in [6, 6.07) is 17.8. The van der Waals surface area contributed by atoms with Gasteiger partial charge in [0.15, 0.2) is 0 Å². The molecule has 9 heteroatoms. The van der Waals surface area contributed by atoms with Crippen LogP contribution >= 0.6 is 11.6 Å². The second-order valence-corrected chi connectivity index (χ2v) is 8.61. The number of amidine groups is 1. The molecule has 0 bridgehead atoms. The third-order valence-corrected chi connectivity index (χ3v) is 5.95. The lowest BCUT2D eigenvalue weighted by Crippen LogP contribution is -2.39. The number of urea groups is 1. The number of carbonyl (C=O) groups excluding carboxylic acids is 2. The summed E-state index contributed by atoms with van der Waals surface area (Å²) in [4.78, 5) is 27.7. The van der Waals surface area contributed by atoms with Crippen LogP contribution in [0.15, 0.2) is 72.8 Å². The lowest BCUT2D eigenvalue weighted by atomic mass is 10.1. The lowest BCUT2D eigenvalue weighted by molar-refractivity contribution is -0.118. The second kappa shape index (κ2) is 11.0. The van der Waals surface area contributed by atoms with Crippen molar-refractivity contribution >= 4 is 40.7 Å². The molecule has 7 nitrogen and oxygen atoms in total. The van der Waals surface area contributed by atoms with Crippen LogP contribution in [-0.4, -0.2) is 35.8 Å². The van der Waals surface area contributed by atoms with E-state index in [0.29, 0.717) is 21.8 Å². The molecule has 0 spiro atoms. The van der Waals surface area contributed by atoms with Gasteiger partial charge in [-0.25, -0.2) is 9.18 Å². The van der Waals surface area contributed by atoms with E-state index in [1.807, 2.05) is 4.90 Å². The molecule has 35 heavy (non-hydrogen) atoms. The molecular formula is C26H25ClFN5O2. The Balaban J connectivity index is 1.48. The van der Waals surface area contributed by atoms with Gasteiger partial charge in [0.2, 0.25) is 0 Å². The van der Waals surface area contributed by atoms with E-state index in [1.54, 1.807) is 60.7 Å². The van der Waals surface area contributed by atoms with E-state index in [1.165, 1.54) is 12.1 Å². The minimum atomic E-state index is -1.08. The molecule has 3 amide bonds. The Morgan fingerprint density at radius 3 is 2.29 bits per heavy atom. The zero-order valence-electron chi connectivity index (χ0n) is 18.9. The summed E-state index contributed by atoms with van der Waals surface area (Å²) in [6.07, 6.45) is 2.02. The van der Waals surface area contributed by atoms with Crippen molar-refractivity contribution in [1.82, 2.24) is 10.2 Å². The van der Waals surface area contributed by atoms with Crippen LogP contribution in [0.4, 0.5) is 20.6 Å². The summed E-state index contributed by atoms with van der Waals surface area (Å²) in [6.45, 7) is 1.56. The fraction of sp³-hybridized carbons (Fsp3) is 0.192. The molecule has 4 rings (SSSR count). The molecule has 0 aromatic heterocycles. The maximum Gasteiger partial charge on any atom is 0.320 e. The molecule has 1 aliphatic heterocycles. The number of anilines is 2. The Labute approximate surface area is 207 Å². The average molecular weight is 494 g/mol. The molecule has 0 saturated carbocycles. The third kappa shape index (κ3) is 6.16. The number of halogens is 2. The molecule has 1 atom stereocenters. The summed E-state index contributed by atoms with van der Waals surface area (Å²) in [7, 11) is 0.